The highest BCUT2D eigenvalue weighted by Crippen LogP contribution is 2.28. The van der Waals surface area contributed by atoms with Gasteiger partial charge < -0.3 is 15.0 Å². The van der Waals surface area contributed by atoms with Crippen LogP contribution >= 0.6 is 50.7 Å². The highest BCUT2D eigenvalue weighted by atomic mass is 79.9. The summed E-state index contributed by atoms with van der Waals surface area (Å²) >= 11 is 22.0. The van der Waals surface area contributed by atoms with Crippen LogP contribution in [0.1, 0.15) is 31.4 Å². The molecular weight excluding hydrogens is 599 g/mol. The number of carbonyl (C=O) groups is 2. The summed E-state index contributed by atoms with van der Waals surface area (Å²) in [4.78, 5) is 28.7. The number of nitrogens with one attached hydrogen (secondary N) is 1. The van der Waals surface area contributed by atoms with Crippen molar-refractivity contribution in [1.29, 1.82) is 0 Å². The predicted octanol–water partition coefficient (Wildman–Crippen LogP) is 7.34. The normalized spacial score (nSPS) is 12.5. The quantitative estimate of drug-likeness (QED) is 0.242. The smallest absolute Gasteiger partial charge is 0.261 e. The van der Waals surface area contributed by atoms with E-state index >= 15 is 0 Å². The molecule has 0 bridgehead atoms. The lowest BCUT2D eigenvalue weighted by molar-refractivity contribution is -0.143. The van der Waals surface area contributed by atoms with E-state index in [-0.39, 0.29) is 31.0 Å². The van der Waals surface area contributed by atoms with Crippen molar-refractivity contribution in [3.05, 3.63) is 97.4 Å². The Balaban J connectivity index is 1.94. The molecule has 0 fully saturated rings. The van der Waals surface area contributed by atoms with Crippen molar-refractivity contribution in [1.82, 2.24) is 10.2 Å². The maximum atomic E-state index is 13.7. The Morgan fingerprint density at radius 2 is 1.68 bits per heavy atom. The molecule has 3 rings (SSSR count). The third kappa shape index (κ3) is 8.64. The summed E-state index contributed by atoms with van der Waals surface area (Å²) in [5.41, 5.74) is 1.66. The Labute approximate surface area is 241 Å². The van der Waals surface area contributed by atoms with Gasteiger partial charge in [0.05, 0.1) is 15.1 Å². The largest absolute Gasteiger partial charge is 0.482 e. The minimum atomic E-state index is -0.789. The molecule has 0 unspecified atom stereocenters. The standard InChI is InChI=1S/C28H28BrCl3N2O3/c1-3-18(2)33-28(36)25(14-19-7-5-4-6-8-19)34(16-20-9-11-22(30)23(31)13-20)27(35)17-37-26-12-10-21(29)15-24(26)32/h4-13,15,18,25H,3,14,16-17H2,1-2H3,(H,33,36)/t18-,25-/m0/s1. The molecule has 0 spiro atoms. The number of carbonyl (C=O) groups excluding carboxylic acids is 2. The number of benzene rings is 3. The number of amides is 2. The summed E-state index contributed by atoms with van der Waals surface area (Å²) in [7, 11) is 0. The van der Waals surface area contributed by atoms with Gasteiger partial charge in [-0.05, 0) is 54.8 Å². The topological polar surface area (TPSA) is 58.6 Å². The fourth-order valence-corrected chi connectivity index (χ4v) is 4.69. The zero-order chi connectivity index (χ0) is 26.9. The molecule has 0 saturated heterocycles. The van der Waals surface area contributed by atoms with Gasteiger partial charge in [-0.1, -0.05) is 94.1 Å². The van der Waals surface area contributed by atoms with Gasteiger partial charge in [0, 0.05) is 23.5 Å². The Kier molecular flexibility index (Phi) is 11.1. The summed E-state index contributed by atoms with van der Waals surface area (Å²) in [6.07, 6.45) is 1.09. The number of ether oxygens (including phenoxy) is 1. The summed E-state index contributed by atoms with van der Waals surface area (Å²) in [5, 5.41) is 4.18. The summed E-state index contributed by atoms with van der Waals surface area (Å²) < 4.78 is 6.57. The molecule has 3 aromatic carbocycles. The second-order valence-electron chi connectivity index (χ2n) is 8.66. The van der Waals surface area contributed by atoms with Crippen LogP contribution in [0.2, 0.25) is 15.1 Å². The molecule has 0 saturated carbocycles. The van der Waals surface area contributed by atoms with Crippen LogP contribution in [0.3, 0.4) is 0 Å². The van der Waals surface area contributed by atoms with Crippen LogP contribution in [-0.2, 0) is 22.6 Å². The maximum Gasteiger partial charge on any atom is 0.261 e. The van der Waals surface area contributed by atoms with E-state index in [2.05, 4.69) is 21.2 Å². The van der Waals surface area contributed by atoms with Gasteiger partial charge in [-0.3, -0.25) is 9.59 Å². The zero-order valence-electron chi connectivity index (χ0n) is 20.5. The van der Waals surface area contributed by atoms with E-state index in [1.807, 2.05) is 44.2 Å². The maximum absolute atomic E-state index is 13.7. The highest BCUT2D eigenvalue weighted by Gasteiger charge is 2.31. The van der Waals surface area contributed by atoms with Crippen LogP contribution < -0.4 is 10.1 Å². The number of hydrogen-bond donors (Lipinski definition) is 1. The second-order valence-corrected chi connectivity index (χ2v) is 10.8. The van der Waals surface area contributed by atoms with Crippen LogP contribution in [0.15, 0.2) is 71.2 Å². The Bertz CT molecular complexity index is 1230. The molecule has 3 aromatic rings. The number of halogens is 4. The monoisotopic (exact) mass is 624 g/mol. The average Bonchev–Trinajstić information content (AvgIpc) is 2.88. The zero-order valence-corrected chi connectivity index (χ0v) is 24.4. The van der Waals surface area contributed by atoms with Crippen LogP contribution in [0.25, 0.3) is 0 Å². The fraction of sp³-hybridized carbons (Fsp3) is 0.286. The van der Waals surface area contributed by atoms with E-state index in [0.717, 1.165) is 22.0 Å². The molecule has 0 aliphatic rings. The van der Waals surface area contributed by atoms with E-state index in [1.165, 1.54) is 4.90 Å². The van der Waals surface area contributed by atoms with Gasteiger partial charge in [0.15, 0.2) is 6.61 Å². The predicted molar refractivity (Wildman–Crippen MR) is 153 cm³/mol. The third-order valence-corrected chi connectivity index (χ3v) is 7.38. The SMILES string of the molecule is CC[C@H](C)NC(=O)[C@H](Cc1ccccc1)N(Cc1ccc(Cl)c(Cl)c1)C(=O)COc1ccc(Br)cc1Cl. The third-order valence-electron chi connectivity index (χ3n) is 5.85. The van der Waals surface area contributed by atoms with E-state index in [0.29, 0.717) is 27.2 Å². The van der Waals surface area contributed by atoms with Crippen LogP contribution in [0, 0.1) is 0 Å². The van der Waals surface area contributed by atoms with Gasteiger partial charge >= 0.3 is 0 Å². The van der Waals surface area contributed by atoms with Crippen molar-refractivity contribution in [2.45, 2.75) is 45.3 Å². The molecule has 37 heavy (non-hydrogen) atoms. The lowest BCUT2D eigenvalue weighted by atomic mass is 10.0. The van der Waals surface area contributed by atoms with Gasteiger partial charge in [-0.15, -0.1) is 0 Å². The Hall–Kier alpha value is -2.25. The van der Waals surface area contributed by atoms with Gasteiger partial charge in [0.2, 0.25) is 5.91 Å². The number of nitrogens with zero attached hydrogens (tertiary/aromatic N) is 1. The molecule has 0 heterocycles. The van der Waals surface area contributed by atoms with Gasteiger partial charge in [-0.25, -0.2) is 0 Å². The van der Waals surface area contributed by atoms with Crippen LogP contribution in [0.4, 0.5) is 0 Å². The van der Waals surface area contributed by atoms with Crippen LogP contribution in [0.5, 0.6) is 5.75 Å². The summed E-state index contributed by atoms with van der Waals surface area (Å²) in [6, 6.07) is 19.0. The van der Waals surface area contributed by atoms with Crippen molar-refractivity contribution in [2.75, 3.05) is 6.61 Å². The first-order valence-corrected chi connectivity index (χ1v) is 13.8. The summed E-state index contributed by atoms with van der Waals surface area (Å²) in [6.45, 7) is 3.76. The lowest BCUT2D eigenvalue weighted by Gasteiger charge is -2.32. The van der Waals surface area contributed by atoms with Crippen molar-refractivity contribution >= 4 is 62.5 Å². The summed E-state index contributed by atoms with van der Waals surface area (Å²) in [5.74, 6) is -0.241. The minimum Gasteiger partial charge on any atom is -0.482 e. The first-order chi connectivity index (χ1) is 17.7. The van der Waals surface area contributed by atoms with Crippen LogP contribution in [-0.4, -0.2) is 35.4 Å². The first kappa shape index (κ1) is 29.3. The molecule has 0 aromatic heterocycles. The lowest BCUT2D eigenvalue weighted by Crippen LogP contribution is -2.53. The van der Waals surface area contributed by atoms with Gasteiger partial charge in [-0.2, -0.15) is 0 Å². The Morgan fingerprint density at radius 1 is 0.946 bits per heavy atom. The molecule has 1 N–H and O–H groups in total. The van der Waals surface area contributed by atoms with E-state index in [4.69, 9.17) is 39.5 Å². The van der Waals surface area contributed by atoms with Gasteiger partial charge in [0.25, 0.3) is 5.91 Å². The second kappa shape index (κ2) is 14.1. The molecule has 196 valence electrons. The van der Waals surface area contributed by atoms with E-state index in [9.17, 15) is 9.59 Å². The van der Waals surface area contributed by atoms with Gasteiger partial charge in [0.1, 0.15) is 11.8 Å². The first-order valence-electron chi connectivity index (χ1n) is 11.8. The van der Waals surface area contributed by atoms with Crippen molar-refractivity contribution < 1.29 is 14.3 Å². The molecular formula is C28H28BrCl3N2O3. The molecule has 0 aliphatic carbocycles. The molecule has 9 heteroatoms. The molecule has 2 amide bonds. The molecule has 2 atom stereocenters. The van der Waals surface area contributed by atoms with Crippen molar-refractivity contribution in [2.24, 2.45) is 0 Å². The molecule has 0 radical (unpaired) electrons. The Morgan fingerprint density at radius 3 is 2.32 bits per heavy atom. The highest BCUT2D eigenvalue weighted by molar-refractivity contribution is 9.10. The number of rotatable bonds is 11. The number of hydrogen-bond acceptors (Lipinski definition) is 3. The van der Waals surface area contributed by atoms with Crippen molar-refractivity contribution in [3.8, 4) is 5.75 Å². The fourth-order valence-electron chi connectivity index (χ4n) is 3.64. The minimum absolute atomic E-state index is 0.0504. The average molecular weight is 627 g/mol. The van der Waals surface area contributed by atoms with E-state index in [1.54, 1.807) is 36.4 Å². The van der Waals surface area contributed by atoms with E-state index < -0.39 is 6.04 Å². The van der Waals surface area contributed by atoms with Crippen molar-refractivity contribution in [3.63, 3.8) is 0 Å². The molecule has 0 aliphatic heterocycles. The molecule has 5 nitrogen and oxygen atoms in total.